The SMILES string of the molecule is C[C@@H]1C(=O)Cc2ccc(Br)cc2N1Cc1c(F)cccc1F. The molecule has 0 N–H and O–H groups in total. The molecule has 1 aliphatic heterocycles. The van der Waals surface area contributed by atoms with Crippen molar-refractivity contribution in [3.05, 3.63) is 63.6 Å². The van der Waals surface area contributed by atoms with Gasteiger partial charge in [-0.05, 0) is 36.8 Å². The number of nitrogens with zero attached hydrogens (tertiary/aromatic N) is 1. The number of anilines is 1. The molecule has 2 nitrogen and oxygen atoms in total. The Balaban J connectivity index is 2.06. The van der Waals surface area contributed by atoms with E-state index < -0.39 is 17.7 Å². The molecule has 22 heavy (non-hydrogen) atoms. The Labute approximate surface area is 135 Å². The normalized spacial score (nSPS) is 17.5. The monoisotopic (exact) mass is 365 g/mol. The van der Waals surface area contributed by atoms with Gasteiger partial charge in [0, 0.05) is 28.7 Å². The number of hydrogen-bond donors (Lipinski definition) is 0. The zero-order chi connectivity index (χ0) is 15.9. The summed E-state index contributed by atoms with van der Waals surface area (Å²) in [6, 6.07) is 9.01. The molecule has 0 radical (unpaired) electrons. The van der Waals surface area contributed by atoms with Crippen molar-refractivity contribution in [1.29, 1.82) is 0 Å². The highest BCUT2D eigenvalue weighted by atomic mass is 79.9. The molecule has 0 aromatic heterocycles. The number of halogens is 3. The van der Waals surface area contributed by atoms with Gasteiger partial charge >= 0.3 is 0 Å². The molecule has 0 bridgehead atoms. The van der Waals surface area contributed by atoms with Gasteiger partial charge in [-0.2, -0.15) is 0 Å². The van der Waals surface area contributed by atoms with Gasteiger partial charge in [0.05, 0.1) is 6.04 Å². The third-order valence-corrected chi connectivity index (χ3v) is 4.54. The number of fused-ring (bicyclic) bond motifs is 1. The van der Waals surface area contributed by atoms with Crippen molar-refractivity contribution < 1.29 is 13.6 Å². The lowest BCUT2D eigenvalue weighted by Gasteiger charge is -2.36. The summed E-state index contributed by atoms with van der Waals surface area (Å²) in [5.74, 6) is -1.14. The predicted octanol–water partition coefficient (Wildman–Crippen LogP) is 4.25. The number of Topliss-reactive ketones (excluding diaryl/α,β-unsaturated/α-hetero) is 1. The molecule has 0 fully saturated rings. The van der Waals surface area contributed by atoms with Crippen molar-refractivity contribution >= 4 is 27.4 Å². The van der Waals surface area contributed by atoms with Gasteiger partial charge < -0.3 is 4.90 Å². The van der Waals surface area contributed by atoms with E-state index in [4.69, 9.17) is 0 Å². The van der Waals surface area contributed by atoms with Crippen LogP contribution in [0.2, 0.25) is 0 Å². The standard InChI is InChI=1S/C17H14BrF2NO/c1-10-17(22)7-11-5-6-12(18)8-16(11)21(10)9-13-14(19)3-2-4-15(13)20/h2-6,8,10H,7,9H2,1H3/t10-/m1/s1. The van der Waals surface area contributed by atoms with Crippen LogP contribution in [0.25, 0.3) is 0 Å². The van der Waals surface area contributed by atoms with E-state index in [1.165, 1.54) is 18.2 Å². The fraction of sp³-hybridized carbons (Fsp3) is 0.235. The first-order chi connectivity index (χ1) is 10.5. The number of hydrogen-bond acceptors (Lipinski definition) is 2. The van der Waals surface area contributed by atoms with E-state index >= 15 is 0 Å². The maximum atomic E-state index is 13.9. The average Bonchev–Trinajstić information content (AvgIpc) is 2.47. The summed E-state index contributed by atoms with van der Waals surface area (Å²) in [5.41, 5.74) is 1.70. The highest BCUT2D eigenvalue weighted by molar-refractivity contribution is 9.10. The van der Waals surface area contributed by atoms with Gasteiger partial charge in [-0.1, -0.05) is 28.1 Å². The minimum absolute atomic E-state index is 0.0185. The molecule has 3 rings (SSSR count). The quantitative estimate of drug-likeness (QED) is 0.792. The molecule has 2 aromatic carbocycles. The summed E-state index contributed by atoms with van der Waals surface area (Å²) in [6.07, 6.45) is 0.347. The second-order valence-corrected chi connectivity index (χ2v) is 6.34. The lowest BCUT2D eigenvalue weighted by atomic mass is 9.94. The molecule has 0 saturated heterocycles. The Morgan fingerprint density at radius 3 is 2.59 bits per heavy atom. The number of ketones is 1. The molecule has 1 heterocycles. The van der Waals surface area contributed by atoms with Crippen LogP contribution in [0.4, 0.5) is 14.5 Å². The predicted molar refractivity (Wildman–Crippen MR) is 84.9 cm³/mol. The van der Waals surface area contributed by atoms with Gasteiger partial charge in [0.15, 0.2) is 5.78 Å². The average molecular weight is 366 g/mol. The first-order valence-electron chi connectivity index (χ1n) is 6.98. The van der Waals surface area contributed by atoms with Crippen molar-refractivity contribution in [2.75, 3.05) is 4.90 Å². The molecule has 2 aromatic rings. The highest BCUT2D eigenvalue weighted by Gasteiger charge is 2.30. The summed E-state index contributed by atoms with van der Waals surface area (Å²) in [7, 11) is 0. The van der Waals surface area contributed by atoms with E-state index in [1.807, 2.05) is 18.2 Å². The van der Waals surface area contributed by atoms with Crippen LogP contribution in [0.3, 0.4) is 0 Å². The molecule has 0 amide bonds. The highest BCUT2D eigenvalue weighted by Crippen LogP contribution is 2.33. The fourth-order valence-electron chi connectivity index (χ4n) is 2.75. The maximum absolute atomic E-state index is 13.9. The van der Waals surface area contributed by atoms with Gasteiger partial charge in [0.25, 0.3) is 0 Å². The third kappa shape index (κ3) is 2.65. The van der Waals surface area contributed by atoms with E-state index in [9.17, 15) is 13.6 Å². The summed E-state index contributed by atoms with van der Waals surface area (Å²) in [6.45, 7) is 1.79. The van der Waals surface area contributed by atoms with Crippen LogP contribution in [0, 0.1) is 11.6 Å². The van der Waals surface area contributed by atoms with E-state index in [0.29, 0.717) is 6.42 Å². The van der Waals surface area contributed by atoms with Crippen molar-refractivity contribution in [3.8, 4) is 0 Å². The van der Waals surface area contributed by atoms with Crippen LogP contribution in [-0.2, 0) is 17.8 Å². The van der Waals surface area contributed by atoms with Gasteiger partial charge in [-0.3, -0.25) is 4.79 Å². The number of carbonyl (C=O) groups excluding carboxylic acids is 1. The molecule has 1 aliphatic rings. The zero-order valence-electron chi connectivity index (χ0n) is 11.9. The fourth-order valence-corrected chi connectivity index (χ4v) is 3.10. The second-order valence-electron chi connectivity index (χ2n) is 5.42. The number of carbonyl (C=O) groups is 1. The third-order valence-electron chi connectivity index (χ3n) is 4.05. The van der Waals surface area contributed by atoms with E-state index in [-0.39, 0.29) is 17.9 Å². The van der Waals surface area contributed by atoms with Crippen LogP contribution >= 0.6 is 15.9 Å². The lowest BCUT2D eigenvalue weighted by Crippen LogP contribution is -2.43. The summed E-state index contributed by atoms with van der Waals surface area (Å²) in [5, 5.41) is 0. The molecular formula is C17H14BrF2NO. The first-order valence-corrected chi connectivity index (χ1v) is 7.77. The Hall–Kier alpha value is -1.75. The van der Waals surface area contributed by atoms with Crippen molar-refractivity contribution in [2.45, 2.75) is 25.9 Å². The maximum Gasteiger partial charge on any atom is 0.159 e. The van der Waals surface area contributed by atoms with Crippen LogP contribution in [0.15, 0.2) is 40.9 Å². The molecule has 5 heteroatoms. The molecule has 1 atom stereocenters. The molecule has 0 unspecified atom stereocenters. The molecular weight excluding hydrogens is 352 g/mol. The molecule has 0 spiro atoms. The molecule has 114 valence electrons. The van der Waals surface area contributed by atoms with Crippen molar-refractivity contribution in [3.63, 3.8) is 0 Å². The smallest absolute Gasteiger partial charge is 0.159 e. The Morgan fingerprint density at radius 1 is 1.23 bits per heavy atom. The summed E-state index contributed by atoms with van der Waals surface area (Å²) in [4.78, 5) is 13.9. The lowest BCUT2D eigenvalue weighted by molar-refractivity contribution is -0.119. The number of benzene rings is 2. The van der Waals surface area contributed by atoms with E-state index in [0.717, 1.165) is 15.7 Å². The van der Waals surface area contributed by atoms with Crippen LogP contribution in [-0.4, -0.2) is 11.8 Å². The van der Waals surface area contributed by atoms with Crippen LogP contribution in [0.5, 0.6) is 0 Å². The topological polar surface area (TPSA) is 20.3 Å². The van der Waals surface area contributed by atoms with Gasteiger partial charge in [0.1, 0.15) is 11.6 Å². The Bertz CT molecular complexity index is 727. The van der Waals surface area contributed by atoms with E-state index in [2.05, 4.69) is 15.9 Å². The second kappa shape index (κ2) is 5.80. The minimum Gasteiger partial charge on any atom is -0.357 e. The van der Waals surface area contributed by atoms with Crippen LogP contribution in [0.1, 0.15) is 18.1 Å². The van der Waals surface area contributed by atoms with Crippen LogP contribution < -0.4 is 4.90 Å². The summed E-state index contributed by atoms with van der Waals surface area (Å²) < 4.78 is 28.7. The Kier molecular flexibility index (Phi) is 4.00. The van der Waals surface area contributed by atoms with Crippen molar-refractivity contribution in [2.24, 2.45) is 0 Å². The largest absolute Gasteiger partial charge is 0.357 e. The molecule has 0 aliphatic carbocycles. The number of rotatable bonds is 2. The minimum atomic E-state index is -0.596. The van der Waals surface area contributed by atoms with Gasteiger partial charge in [-0.25, -0.2) is 8.78 Å². The van der Waals surface area contributed by atoms with E-state index in [1.54, 1.807) is 11.8 Å². The summed E-state index contributed by atoms with van der Waals surface area (Å²) >= 11 is 3.41. The Morgan fingerprint density at radius 2 is 1.91 bits per heavy atom. The first kappa shape index (κ1) is 15.2. The van der Waals surface area contributed by atoms with Gasteiger partial charge in [0.2, 0.25) is 0 Å². The van der Waals surface area contributed by atoms with Gasteiger partial charge in [-0.15, -0.1) is 0 Å². The molecule has 0 saturated carbocycles. The zero-order valence-corrected chi connectivity index (χ0v) is 13.5. The van der Waals surface area contributed by atoms with Crippen molar-refractivity contribution in [1.82, 2.24) is 0 Å².